The smallest absolute Gasteiger partial charge is 0.258 e. The number of anilines is 4. The fraction of sp³-hybridized carbons (Fsp3) is 0.500. The van der Waals surface area contributed by atoms with Crippen LogP contribution in [0.5, 0.6) is 0 Å². The van der Waals surface area contributed by atoms with Crippen molar-refractivity contribution in [2.24, 2.45) is 5.41 Å². The summed E-state index contributed by atoms with van der Waals surface area (Å²) < 4.78 is 55.0. The summed E-state index contributed by atoms with van der Waals surface area (Å²) in [6, 6.07) is 10.2. The van der Waals surface area contributed by atoms with Crippen molar-refractivity contribution < 1.29 is 27.1 Å². The van der Waals surface area contributed by atoms with Crippen LogP contribution in [0.15, 0.2) is 36.4 Å². The normalized spacial score (nSPS) is 19.4. The van der Waals surface area contributed by atoms with Crippen molar-refractivity contribution in [1.82, 2.24) is 9.97 Å². The van der Waals surface area contributed by atoms with Crippen LogP contribution >= 0.6 is 0 Å². The van der Waals surface area contributed by atoms with E-state index in [9.17, 15) is 22.0 Å². The number of carbonyl (C=O) groups is 1. The van der Waals surface area contributed by atoms with E-state index >= 15 is 0 Å². The minimum absolute atomic E-state index is 0.121. The minimum Gasteiger partial charge on any atom is -0.395 e. The second-order valence-corrected chi connectivity index (χ2v) is 13.9. The van der Waals surface area contributed by atoms with Crippen molar-refractivity contribution >= 4 is 49.8 Å². The molecule has 4 heterocycles. The summed E-state index contributed by atoms with van der Waals surface area (Å²) in [5.41, 5.74) is 3.03. The van der Waals surface area contributed by atoms with Crippen molar-refractivity contribution in [2.75, 3.05) is 58.4 Å². The maximum Gasteiger partial charge on any atom is 0.258 e. The Hall–Kier alpha value is -3.58. The summed E-state index contributed by atoms with van der Waals surface area (Å²) in [7, 11) is -3.76. The van der Waals surface area contributed by atoms with Gasteiger partial charge < -0.3 is 20.2 Å². The van der Waals surface area contributed by atoms with Crippen molar-refractivity contribution in [3.05, 3.63) is 47.7 Å². The van der Waals surface area contributed by atoms with Gasteiger partial charge in [0.1, 0.15) is 11.3 Å². The number of alkyl halides is 2. The van der Waals surface area contributed by atoms with E-state index in [0.717, 1.165) is 37.0 Å². The molecule has 10 nitrogen and oxygen atoms in total. The molecule has 6 rings (SSSR count). The number of rotatable bonds is 8. The molecule has 0 radical (unpaired) electrons. The number of hydrogen-bond donors (Lipinski definition) is 3. The number of piperidine rings is 2. The van der Waals surface area contributed by atoms with Gasteiger partial charge in [0.2, 0.25) is 10.0 Å². The number of aryl methyl sites for hydroxylation is 1. The molecule has 1 spiro atoms. The molecular formula is C30H36F2N6O4S. The van der Waals surface area contributed by atoms with Gasteiger partial charge in [0.05, 0.1) is 29.3 Å². The number of aromatic nitrogens is 2. The summed E-state index contributed by atoms with van der Waals surface area (Å²) in [5, 5.41) is 12.8. The van der Waals surface area contributed by atoms with Gasteiger partial charge >= 0.3 is 0 Å². The number of benzene rings is 1. The largest absolute Gasteiger partial charge is 0.395 e. The number of aliphatic hydroxyl groups is 1. The Kier molecular flexibility index (Phi) is 7.66. The van der Waals surface area contributed by atoms with Crippen LogP contribution in [0, 0.1) is 12.3 Å². The van der Waals surface area contributed by atoms with Gasteiger partial charge in [-0.25, -0.2) is 27.2 Å². The van der Waals surface area contributed by atoms with Gasteiger partial charge in [0.15, 0.2) is 5.82 Å². The number of sulfonamides is 1. The highest BCUT2D eigenvalue weighted by atomic mass is 32.2. The third-order valence-corrected chi connectivity index (χ3v) is 10.1. The number of fused-ring (bicyclic) bond motifs is 1. The molecule has 2 saturated heterocycles. The van der Waals surface area contributed by atoms with E-state index in [1.807, 2.05) is 19.1 Å². The molecule has 0 atom stereocenters. The first-order valence-electron chi connectivity index (χ1n) is 14.7. The van der Waals surface area contributed by atoms with E-state index in [0.29, 0.717) is 33.7 Å². The van der Waals surface area contributed by atoms with Crippen LogP contribution < -0.4 is 19.8 Å². The zero-order chi connectivity index (χ0) is 30.4. The Morgan fingerprint density at radius 2 is 1.65 bits per heavy atom. The van der Waals surface area contributed by atoms with Crippen LogP contribution in [-0.2, 0) is 10.0 Å². The number of hydrogen-bond acceptors (Lipinski definition) is 8. The van der Waals surface area contributed by atoms with Crippen LogP contribution in [0.25, 0.3) is 10.9 Å². The second-order valence-electron chi connectivity index (χ2n) is 12.0. The molecule has 1 amide bonds. The molecule has 3 fully saturated rings. The highest BCUT2D eigenvalue weighted by Crippen LogP contribution is 2.54. The number of carbonyl (C=O) groups excluding carboxylic acids is 1. The fourth-order valence-corrected chi connectivity index (χ4v) is 6.85. The fourth-order valence-electron chi connectivity index (χ4n) is 6.02. The first-order chi connectivity index (χ1) is 20.4. The van der Waals surface area contributed by atoms with Crippen LogP contribution in [0.2, 0.25) is 0 Å². The Morgan fingerprint density at radius 3 is 2.33 bits per heavy atom. The molecule has 1 aliphatic carbocycles. The number of pyridine rings is 2. The van der Waals surface area contributed by atoms with Gasteiger partial charge in [-0.2, -0.15) is 0 Å². The minimum atomic E-state index is -3.76. The standard InChI is InChI=1S/C30H36F2N6O4S/c1-20-2-3-21-18-25(34-27(26(21)33-20)38-14-10-30(31,32)11-15-38)35-28(40)23-5-4-22(36-43(41,42)17-16-39)19-24(23)37-12-8-29(6-7-29)9-13-37/h2-5,18-19,36,39H,6-17H2,1H3,(H,34,35,40). The third kappa shape index (κ3) is 6.52. The Bertz CT molecular complexity index is 1640. The quantitative estimate of drug-likeness (QED) is 0.338. The molecule has 3 aromatic rings. The highest BCUT2D eigenvalue weighted by molar-refractivity contribution is 7.92. The van der Waals surface area contributed by atoms with E-state index in [1.54, 1.807) is 23.1 Å². The lowest BCUT2D eigenvalue weighted by atomic mass is 9.93. The lowest BCUT2D eigenvalue weighted by Crippen LogP contribution is -2.40. The van der Waals surface area contributed by atoms with Crippen molar-refractivity contribution in [2.45, 2.75) is 51.4 Å². The number of aliphatic hydroxyl groups excluding tert-OH is 1. The molecule has 43 heavy (non-hydrogen) atoms. The highest BCUT2D eigenvalue weighted by Gasteiger charge is 2.44. The second kappa shape index (κ2) is 11.2. The van der Waals surface area contributed by atoms with Crippen LogP contribution in [0.4, 0.5) is 31.8 Å². The van der Waals surface area contributed by atoms with E-state index in [4.69, 9.17) is 10.1 Å². The number of nitrogens with zero attached hydrogens (tertiary/aromatic N) is 4. The first-order valence-corrected chi connectivity index (χ1v) is 16.3. The summed E-state index contributed by atoms with van der Waals surface area (Å²) in [6.07, 6.45) is 3.88. The predicted molar refractivity (Wildman–Crippen MR) is 163 cm³/mol. The topological polar surface area (TPSA) is 128 Å². The molecule has 1 aromatic carbocycles. The summed E-state index contributed by atoms with van der Waals surface area (Å²) >= 11 is 0. The van der Waals surface area contributed by atoms with Gasteiger partial charge in [-0.15, -0.1) is 0 Å². The molecule has 230 valence electrons. The van der Waals surface area contributed by atoms with Crippen molar-refractivity contribution in [1.29, 1.82) is 0 Å². The molecule has 2 aliphatic heterocycles. The molecule has 0 bridgehead atoms. The number of amides is 1. The molecule has 13 heteroatoms. The average molecular weight is 615 g/mol. The monoisotopic (exact) mass is 614 g/mol. The van der Waals surface area contributed by atoms with Gasteiger partial charge in [-0.1, -0.05) is 6.07 Å². The van der Waals surface area contributed by atoms with Gasteiger partial charge in [-0.05, 0) is 68.4 Å². The first kappa shape index (κ1) is 29.5. The lowest BCUT2D eigenvalue weighted by molar-refractivity contribution is -0.0221. The summed E-state index contributed by atoms with van der Waals surface area (Å²) in [4.78, 5) is 27.0. The zero-order valence-corrected chi connectivity index (χ0v) is 24.9. The van der Waals surface area contributed by atoms with E-state index in [1.165, 1.54) is 18.9 Å². The summed E-state index contributed by atoms with van der Waals surface area (Å²) in [5.74, 6) is -2.86. The third-order valence-electron chi connectivity index (χ3n) is 8.83. The van der Waals surface area contributed by atoms with E-state index in [2.05, 4.69) is 19.9 Å². The van der Waals surface area contributed by atoms with Crippen LogP contribution in [-0.4, -0.2) is 73.9 Å². The van der Waals surface area contributed by atoms with Crippen molar-refractivity contribution in [3.63, 3.8) is 0 Å². The molecule has 2 aromatic heterocycles. The maximum atomic E-state index is 13.9. The molecule has 3 N–H and O–H groups in total. The van der Waals surface area contributed by atoms with Gasteiger partial charge in [0.25, 0.3) is 11.8 Å². The average Bonchev–Trinajstić information content (AvgIpc) is 3.71. The van der Waals surface area contributed by atoms with Crippen LogP contribution in [0.3, 0.4) is 0 Å². The zero-order valence-electron chi connectivity index (χ0n) is 24.1. The van der Waals surface area contributed by atoms with Crippen LogP contribution in [0.1, 0.15) is 54.6 Å². The molecule has 0 unspecified atom stereocenters. The molecule has 3 aliphatic rings. The van der Waals surface area contributed by atoms with Crippen molar-refractivity contribution in [3.8, 4) is 0 Å². The van der Waals surface area contributed by atoms with E-state index in [-0.39, 0.29) is 31.7 Å². The number of nitrogens with one attached hydrogen (secondary N) is 2. The Labute approximate surface area is 249 Å². The predicted octanol–water partition coefficient (Wildman–Crippen LogP) is 4.54. The van der Waals surface area contributed by atoms with E-state index < -0.39 is 34.2 Å². The molecule has 1 saturated carbocycles. The summed E-state index contributed by atoms with van der Waals surface area (Å²) in [6.45, 7) is 3.08. The maximum absolute atomic E-state index is 13.9. The molecular weight excluding hydrogens is 578 g/mol. The Morgan fingerprint density at radius 1 is 0.953 bits per heavy atom. The van der Waals surface area contributed by atoms with Gasteiger partial charge in [0, 0.05) is 50.1 Å². The lowest BCUT2D eigenvalue weighted by Gasteiger charge is -2.35. The van der Waals surface area contributed by atoms with Gasteiger partial charge in [-0.3, -0.25) is 9.52 Å². The Balaban J connectivity index is 1.32. The number of halogens is 2. The SMILES string of the molecule is Cc1ccc2cc(NC(=O)c3ccc(NS(=O)(=O)CCO)cc3N3CCC4(CC3)CC4)nc(N3CCC(F)(F)CC3)c2n1.